The summed E-state index contributed by atoms with van der Waals surface area (Å²) in [7, 11) is 6.23. The molecule has 0 spiro atoms. The summed E-state index contributed by atoms with van der Waals surface area (Å²) in [4.78, 5) is 4.42. The third-order valence-corrected chi connectivity index (χ3v) is 4.07. The largest absolute Gasteiger partial charge is 0.395 e. The van der Waals surface area contributed by atoms with Gasteiger partial charge in [-0.05, 0) is 44.1 Å². The van der Waals surface area contributed by atoms with Crippen molar-refractivity contribution in [1.29, 1.82) is 0 Å². The van der Waals surface area contributed by atoms with Gasteiger partial charge in [-0.1, -0.05) is 12.1 Å². The molecular formula is C15H24N2O. The number of aliphatic hydroxyl groups excluding tert-OH is 1. The number of hydrogen-bond donors (Lipinski definition) is 1. The molecule has 0 radical (unpaired) electrons. The van der Waals surface area contributed by atoms with E-state index >= 15 is 0 Å². The summed E-state index contributed by atoms with van der Waals surface area (Å²) < 4.78 is 0. The van der Waals surface area contributed by atoms with Gasteiger partial charge in [0.05, 0.1) is 6.61 Å². The van der Waals surface area contributed by atoms with Gasteiger partial charge < -0.3 is 14.9 Å². The van der Waals surface area contributed by atoms with Gasteiger partial charge in [-0.3, -0.25) is 0 Å². The maximum atomic E-state index is 9.85. The quantitative estimate of drug-likeness (QED) is 0.882. The first kappa shape index (κ1) is 13.4. The molecule has 1 unspecified atom stereocenters. The predicted molar refractivity (Wildman–Crippen MR) is 76.3 cm³/mol. The van der Waals surface area contributed by atoms with Crippen molar-refractivity contribution in [2.75, 3.05) is 45.7 Å². The number of aliphatic hydroxyl groups is 1. The van der Waals surface area contributed by atoms with Crippen molar-refractivity contribution in [3.05, 3.63) is 29.8 Å². The van der Waals surface area contributed by atoms with Crippen LogP contribution in [-0.4, -0.2) is 50.8 Å². The number of anilines is 1. The average Bonchev–Trinajstić information content (AvgIpc) is 2.38. The van der Waals surface area contributed by atoms with Gasteiger partial charge >= 0.3 is 0 Å². The van der Waals surface area contributed by atoms with E-state index < -0.39 is 0 Å². The normalized spacial score (nSPS) is 25.1. The van der Waals surface area contributed by atoms with Gasteiger partial charge in [0.2, 0.25) is 0 Å². The van der Waals surface area contributed by atoms with E-state index in [1.165, 1.54) is 11.3 Å². The fourth-order valence-electron chi connectivity index (χ4n) is 2.93. The summed E-state index contributed by atoms with van der Waals surface area (Å²) in [5.74, 6) is 0. The van der Waals surface area contributed by atoms with Crippen molar-refractivity contribution < 1.29 is 5.11 Å². The lowest BCUT2D eigenvalue weighted by atomic mass is 9.75. The highest BCUT2D eigenvalue weighted by atomic mass is 16.3. The van der Waals surface area contributed by atoms with Crippen molar-refractivity contribution in [2.45, 2.75) is 18.3 Å². The molecule has 0 aliphatic carbocycles. The zero-order valence-electron chi connectivity index (χ0n) is 11.7. The predicted octanol–water partition coefficient (Wildman–Crippen LogP) is 1.71. The molecule has 3 nitrogen and oxygen atoms in total. The van der Waals surface area contributed by atoms with Crippen LogP contribution in [0.1, 0.15) is 18.4 Å². The first-order valence-corrected chi connectivity index (χ1v) is 6.65. The number of rotatable bonds is 3. The lowest BCUT2D eigenvalue weighted by Gasteiger charge is -2.41. The smallest absolute Gasteiger partial charge is 0.0540 e. The van der Waals surface area contributed by atoms with Crippen LogP contribution in [0.3, 0.4) is 0 Å². The van der Waals surface area contributed by atoms with E-state index in [9.17, 15) is 5.11 Å². The van der Waals surface area contributed by atoms with Crippen molar-refractivity contribution in [1.82, 2.24) is 4.90 Å². The molecule has 0 amide bonds. The van der Waals surface area contributed by atoms with Gasteiger partial charge in [0.15, 0.2) is 0 Å². The Balaban J connectivity index is 2.26. The van der Waals surface area contributed by atoms with Crippen LogP contribution in [0.5, 0.6) is 0 Å². The second-order valence-corrected chi connectivity index (χ2v) is 5.72. The molecule has 1 saturated heterocycles. The van der Waals surface area contributed by atoms with E-state index in [2.05, 4.69) is 41.1 Å². The molecule has 1 aromatic carbocycles. The Morgan fingerprint density at radius 1 is 1.28 bits per heavy atom. The molecule has 1 aliphatic heterocycles. The summed E-state index contributed by atoms with van der Waals surface area (Å²) in [5, 5.41) is 9.85. The fraction of sp³-hybridized carbons (Fsp3) is 0.600. The highest BCUT2D eigenvalue weighted by Gasteiger charge is 2.35. The molecular weight excluding hydrogens is 224 g/mol. The first-order valence-electron chi connectivity index (χ1n) is 6.65. The van der Waals surface area contributed by atoms with E-state index in [4.69, 9.17) is 0 Å². The molecule has 0 aromatic heterocycles. The summed E-state index contributed by atoms with van der Waals surface area (Å²) in [6.45, 7) is 2.32. The van der Waals surface area contributed by atoms with Gasteiger partial charge in [0.1, 0.15) is 0 Å². The van der Waals surface area contributed by atoms with Gasteiger partial charge in [0.25, 0.3) is 0 Å². The van der Waals surface area contributed by atoms with E-state index in [1.807, 2.05) is 14.1 Å². The van der Waals surface area contributed by atoms with E-state index in [0.29, 0.717) is 0 Å². The Labute approximate surface area is 110 Å². The molecule has 1 aromatic rings. The van der Waals surface area contributed by atoms with Crippen LogP contribution in [0.15, 0.2) is 24.3 Å². The van der Waals surface area contributed by atoms with Crippen molar-refractivity contribution >= 4 is 5.69 Å². The SMILES string of the molecule is CN1CCCC(CO)(c2ccc(N(C)C)cc2)C1. The number of piperidine rings is 1. The third-order valence-electron chi connectivity index (χ3n) is 4.07. The molecule has 1 aliphatic rings. The number of benzene rings is 1. The summed E-state index contributed by atoms with van der Waals surface area (Å²) in [5.41, 5.74) is 2.40. The monoisotopic (exact) mass is 248 g/mol. The zero-order chi connectivity index (χ0) is 13.2. The Bertz CT molecular complexity index is 388. The lowest BCUT2D eigenvalue weighted by Crippen LogP contribution is -2.46. The molecule has 1 fully saturated rings. The molecule has 1 atom stereocenters. The summed E-state index contributed by atoms with van der Waals surface area (Å²) in [6.07, 6.45) is 2.24. The standard InChI is InChI=1S/C15H24N2O/c1-16(2)14-7-5-13(6-8-14)15(12-18)9-4-10-17(3)11-15/h5-8,18H,4,9-12H2,1-3H3. The van der Waals surface area contributed by atoms with Gasteiger partial charge in [-0.25, -0.2) is 0 Å². The van der Waals surface area contributed by atoms with E-state index in [-0.39, 0.29) is 12.0 Å². The van der Waals surface area contributed by atoms with Gasteiger partial charge in [0, 0.05) is 31.7 Å². The van der Waals surface area contributed by atoms with Crippen LogP contribution in [0.2, 0.25) is 0 Å². The highest BCUT2D eigenvalue weighted by molar-refractivity contribution is 5.47. The lowest BCUT2D eigenvalue weighted by molar-refractivity contribution is 0.105. The van der Waals surface area contributed by atoms with E-state index in [1.54, 1.807) is 0 Å². The van der Waals surface area contributed by atoms with Crippen molar-refractivity contribution in [3.8, 4) is 0 Å². The first-order chi connectivity index (χ1) is 8.57. The Morgan fingerprint density at radius 2 is 1.94 bits per heavy atom. The van der Waals surface area contributed by atoms with Crippen LogP contribution in [-0.2, 0) is 5.41 Å². The molecule has 1 N–H and O–H groups in total. The van der Waals surface area contributed by atoms with Crippen molar-refractivity contribution in [3.63, 3.8) is 0 Å². The van der Waals surface area contributed by atoms with Crippen LogP contribution in [0, 0.1) is 0 Å². The average molecular weight is 248 g/mol. The molecule has 2 rings (SSSR count). The minimum absolute atomic E-state index is 0.0716. The van der Waals surface area contributed by atoms with Crippen molar-refractivity contribution in [2.24, 2.45) is 0 Å². The Kier molecular flexibility index (Phi) is 3.93. The second kappa shape index (κ2) is 5.29. The van der Waals surface area contributed by atoms with Gasteiger partial charge in [-0.15, -0.1) is 0 Å². The highest BCUT2D eigenvalue weighted by Crippen LogP contribution is 2.34. The number of hydrogen-bond acceptors (Lipinski definition) is 3. The minimum atomic E-state index is -0.0716. The molecule has 0 saturated carbocycles. The van der Waals surface area contributed by atoms with Crippen LogP contribution in [0.25, 0.3) is 0 Å². The Morgan fingerprint density at radius 3 is 2.44 bits per heavy atom. The molecule has 1 heterocycles. The maximum absolute atomic E-state index is 9.85. The zero-order valence-corrected chi connectivity index (χ0v) is 11.7. The summed E-state index contributed by atoms with van der Waals surface area (Å²) in [6, 6.07) is 8.62. The number of likely N-dealkylation sites (tertiary alicyclic amines) is 1. The number of likely N-dealkylation sites (N-methyl/N-ethyl adjacent to an activating group) is 1. The Hall–Kier alpha value is -1.06. The van der Waals surface area contributed by atoms with Crippen LogP contribution in [0.4, 0.5) is 5.69 Å². The minimum Gasteiger partial charge on any atom is -0.395 e. The molecule has 0 bridgehead atoms. The van der Waals surface area contributed by atoms with Crippen LogP contribution < -0.4 is 4.90 Å². The van der Waals surface area contributed by atoms with Crippen LogP contribution >= 0.6 is 0 Å². The molecule has 3 heteroatoms. The van der Waals surface area contributed by atoms with E-state index in [0.717, 1.165) is 25.9 Å². The molecule has 100 valence electrons. The summed E-state index contributed by atoms with van der Waals surface area (Å²) >= 11 is 0. The topological polar surface area (TPSA) is 26.7 Å². The number of nitrogens with zero attached hydrogens (tertiary/aromatic N) is 2. The molecule has 18 heavy (non-hydrogen) atoms. The second-order valence-electron chi connectivity index (χ2n) is 5.72. The third kappa shape index (κ3) is 2.52. The maximum Gasteiger partial charge on any atom is 0.0540 e. The fourth-order valence-corrected chi connectivity index (χ4v) is 2.93. The van der Waals surface area contributed by atoms with Gasteiger partial charge in [-0.2, -0.15) is 0 Å².